The van der Waals surface area contributed by atoms with Gasteiger partial charge < -0.3 is 9.15 Å². The summed E-state index contributed by atoms with van der Waals surface area (Å²) in [5.41, 5.74) is 5.60. The summed E-state index contributed by atoms with van der Waals surface area (Å²) in [4.78, 5) is 24.2. The zero-order valence-electron chi connectivity index (χ0n) is 14.5. The van der Waals surface area contributed by atoms with E-state index in [1.165, 1.54) is 18.2 Å². The van der Waals surface area contributed by atoms with Crippen LogP contribution in [0.1, 0.15) is 27.8 Å². The van der Waals surface area contributed by atoms with E-state index in [9.17, 15) is 14.0 Å². The summed E-state index contributed by atoms with van der Waals surface area (Å²) in [7, 11) is 0. The molecule has 7 heteroatoms. The van der Waals surface area contributed by atoms with E-state index >= 15 is 0 Å². The standard InChI is InChI=1S/C20H17FN2O4/c1-2-26-16-9-5-14(6-10-16)19(24)22-23-20(25)18-12-11-17(27-18)13-3-7-15(21)8-4-13/h3-12H,2H2,1H3,(H,22,24)(H,23,25). The third-order valence-electron chi connectivity index (χ3n) is 3.68. The van der Waals surface area contributed by atoms with Crippen molar-refractivity contribution in [2.75, 3.05) is 6.61 Å². The van der Waals surface area contributed by atoms with Gasteiger partial charge in [-0.1, -0.05) is 0 Å². The zero-order chi connectivity index (χ0) is 19.2. The molecule has 0 saturated carbocycles. The molecule has 138 valence electrons. The van der Waals surface area contributed by atoms with Crippen LogP contribution in [0.2, 0.25) is 0 Å². The van der Waals surface area contributed by atoms with Gasteiger partial charge in [0, 0.05) is 11.1 Å². The van der Waals surface area contributed by atoms with Crippen molar-refractivity contribution in [1.82, 2.24) is 10.9 Å². The molecule has 2 aromatic carbocycles. The van der Waals surface area contributed by atoms with Gasteiger partial charge in [0.05, 0.1) is 6.61 Å². The van der Waals surface area contributed by atoms with Crippen molar-refractivity contribution in [2.45, 2.75) is 6.92 Å². The highest BCUT2D eigenvalue weighted by Crippen LogP contribution is 2.22. The third-order valence-corrected chi connectivity index (χ3v) is 3.68. The summed E-state index contributed by atoms with van der Waals surface area (Å²) in [6.07, 6.45) is 0. The summed E-state index contributed by atoms with van der Waals surface area (Å²) < 4.78 is 23.7. The molecule has 0 unspecified atom stereocenters. The van der Waals surface area contributed by atoms with Crippen molar-refractivity contribution < 1.29 is 23.1 Å². The Kier molecular flexibility index (Phi) is 5.51. The van der Waals surface area contributed by atoms with Gasteiger partial charge in [0.15, 0.2) is 5.76 Å². The molecule has 0 atom stereocenters. The second kappa shape index (κ2) is 8.18. The van der Waals surface area contributed by atoms with Crippen molar-refractivity contribution in [2.24, 2.45) is 0 Å². The topological polar surface area (TPSA) is 80.6 Å². The second-order valence-electron chi connectivity index (χ2n) is 5.54. The Morgan fingerprint density at radius 3 is 2.26 bits per heavy atom. The first kappa shape index (κ1) is 18.2. The summed E-state index contributed by atoms with van der Waals surface area (Å²) >= 11 is 0. The van der Waals surface area contributed by atoms with Gasteiger partial charge in [0.2, 0.25) is 0 Å². The number of rotatable bonds is 5. The average molecular weight is 368 g/mol. The molecule has 2 amide bonds. The monoisotopic (exact) mass is 368 g/mol. The van der Waals surface area contributed by atoms with Crippen LogP contribution in [0.25, 0.3) is 11.3 Å². The van der Waals surface area contributed by atoms with Crippen molar-refractivity contribution in [3.63, 3.8) is 0 Å². The van der Waals surface area contributed by atoms with E-state index in [4.69, 9.17) is 9.15 Å². The molecule has 2 N–H and O–H groups in total. The van der Waals surface area contributed by atoms with E-state index in [-0.39, 0.29) is 11.6 Å². The number of hydrogen-bond acceptors (Lipinski definition) is 4. The smallest absolute Gasteiger partial charge is 0.305 e. The second-order valence-corrected chi connectivity index (χ2v) is 5.54. The minimum absolute atomic E-state index is 0.0151. The van der Waals surface area contributed by atoms with Gasteiger partial charge in [-0.3, -0.25) is 20.4 Å². The number of carbonyl (C=O) groups is 2. The summed E-state index contributed by atoms with van der Waals surface area (Å²) in [5.74, 6) is -0.360. The van der Waals surface area contributed by atoms with Crippen LogP contribution < -0.4 is 15.6 Å². The molecule has 3 aromatic rings. The first-order valence-electron chi connectivity index (χ1n) is 8.26. The lowest BCUT2D eigenvalue weighted by molar-refractivity contribution is 0.0831. The maximum Gasteiger partial charge on any atom is 0.305 e. The molecular formula is C20H17FN2O4. The molecule has 0 fully saturated rings. The number of benzene rings is 2. The van der Waals surface area contributed by atoms with Crippen LogP contribution in [0, 0.1) is 5.82 Å². The highest BCUT2D eigenvalue weighted by molar-refractivity contribution is 5.98. The Labute approximate surface area is 154 Å². The van der Waals surface area contributed by atoms with E-state index < -0.39 is 11.8 Å². The van der Waals surface area contributed by atoms with Crippen molar-refractivity contribution in [3.8, 4) is 17.1 Å². The van der Waals surface area contributed by atoms with Crippen LogP contribution in [-0.2, 0) is 0 Å². The normalized spacial score (nSPS) is 10.3. The van der Waals surface area contributed by atoms with Gasteiger partial charge in [-0.25, -0.2) is 4.39 Å². The number of ether oxygens (including phenoxy) is 1. The van der Waals surface area contributed by atoms with Crippen molar-refractivity contribution in [3.05, 3.63) is 77.8 Å². The van der Waals surface area contributed by atoms with Gasteiger partial charge in [0.1, 0.15) is 17.3 Å². The number of hydrogen-bond donors (Lipinski definition) is 2. The van der Waals surface area contributed by atoms with Gasteiger partial charge in [-0.2, -0.15) is 0 Å². The van der Waals surface area contributed by atoms with E-state index in [2.05, 4.69) is 10.9 Å². The maximum atomic E-state index is 13.0. The average Bonchev–Trinajstić information content (AvgIpc) is 3.17. The molecule has 0 aliphatic carbocycles. The first-order valence-corrected chi connectivity index (χ1v) is 8.26. The minimum atomic E-state index is -0.609. The number of carbonyl (C=O) groups excluding carboxylic acids is 2. The van der Waals surface area contributed by atoms with E-state index in [1.54, 1.807) is 42.5 Å². The van der Waals surface area contributed by atoms with E-state index in [1.807, 2.05) is 6.92 Å². The molecule has 27 heavy (non-hydrogen) atoms. The number of nitrogens with one attached hydrogen (secondary N) is 2. The Morgan fingerprint density at radius 2 is 1.59 bits per heavy atom. The number of halogens is 1. The molecule has 1 heterocycles. The Bertz CT molecular complexity index is 933. The molecule has 6 nitrogen and oxygen atoms in total. The lowest BCUT2D eigenvalue weighted by Crippen LogP contribution is -2.41. The lowest BCUT2D eigenvalue weighted by atomic mass is 10.2. The van der Waals surface area contributed by atoms with Crippen molar-refractivity contribution >= 4 is 11.8 Å². The number of hydrazine groups is 1. The lowest BCUT2D eigenvalue weighted by Gasteiger charge is -2.07. The molecule has 0 saturated heterocycles. The maximum absolute atomic E-state index is 13.0. The highest BCUT2D eigenvalue weighted by Gasteiger charge is 2.14. The molecule has 1 aromatic heterocycles. The van der Waals surface area contributed by atoms with Crippen LogP contribution in [0.5, 0.6) is 5.75 Å². The number of furan rings is 1. The zero-order valence-corrected chi connectivity index (χ0v) is 14.5. The molecule has 0 aliphatic rings. The molecule has 0 aliphatic heterocycles. The van der Waals surface area contributed by atoms with Crippen LogP contribution in [0.15, 0.2) is 65.1 Å². The molecule has 0 spiro atoms. The fraction of sp³-hybridized carbons (Fsp3) is 0.100. The fourth-order valence-corrected chi connectivity index (χ4v) is 2.35. The summed E-state index contributed by atoms with van der Waals surface area (Å²) in [6, 6.07) is 15.3. The van der Waals surface area contributed by atoms with E-state index in [0.717, 1.165) is 0 Å². The van der Waals surface area contributed by atoms with Crippen molar-refractivity contribution in [1.29, 1.82) is 0 Å². The molecular weight excluding hydrogens is 351 g/mol. The Hall–Kier alpha value is -3.61. The highest BCUT2D eigenvalue weighted by atomic mass is 19.1. The van der Waals surface area contributed by atoms with Gasteiger partial charge >= 0.3 is 5.91 Å². The Balaban J connectivity index is 1.59. The van der Waals surface area contributed by atoms with Crippen LogP contribution in [0.4, 0.5) is 4.39 Å². The third kappa shape index (κ3) is 4.52. The van der Waals surface area contributed by atoms with Crippen LogP contribution in [0.3, 0.4) is 0 Å². The van der Waals surface area contributed by atoms with Crippen LogP contribution >= 0.6 is 0 Å². The van der Waals surface area contributed by atoms with Crippen LogP contribution in [-0.4, -0.2) is 18.4 Å². The van der Waals surface area contributed by atoms with Gasteiger partial charge in [-0.15, -0.1) is 0 Å². The SMILES string of the molecule is CCOc1ccc(C(=O)NNC(=O)c2ccc(-c3ccc(F)cc3)o2)cc1. The van der Waals surface area contributed by atoms with E-state index in [0.29, 0.717) is 29.2 Å². The quantitative estimate of drug-likeness (QED) is 0.675. The number of amides is 2. The predicted molar refractivity (Wildman–Crippen MR) is 96.6 cm³/mol. The molecule has 3 rings (SSSR count). The first-order chi connectivity index (χ1) is 13.1. The summed E-state index contributed by atoms with van der Waals surface area (Å²) in [6.45, 7) is 2.40. The minimum Gasteiger partial charge on any atom is -0.494 e. The predicted octanol–water partition coefficient (Wildman–Crippen LogP) is 3.56. The fourth-order valence-electron chi connectivity index (χ4n) is 2.35. The largest absolute Gasteiger partial charge is 0.494 e. The van der Waals surface area contributed by atoms with Gasteiger partial charge in [-0.05, 0) is 67.6 Å². The Morgan fingerprint density at radius 1 is 0.926 bits per heavy atom. The summed E-state index contributed by atoms with van der Waals surface area (Å²) in [5, 5.41) is 0. The molecule has 0 radical (unpaired) electrons. The van der Waals surface area contributed by atoms with Gasteiger partial charge in [0.25, 0.3) is 5.91 Å². The molecule has 0 bridgehead atoms.